The first-order valence-electron chi connectivity index (χ1n) is 7.39. The fourth-order valence-electron chi connectivity index (χ4n) is 2.30. The van der Waals surface area contributed by atoms with Crippen LogP contribution in [0.25, 0.3) is 5.82 Å². The lowest BCUT2D eigenvalue weighted by molar-refractivity contribution is 0.0976. The normalized spacial score (nSPS) is 11.4. The molecule has 0 radical (unpaired) electrons. The first-order chi connectivity index (χ1) is 12.7. The summed E-state index contributed by atoms with van der Waals surface area (Å²) in [6, 6.07) is 8.88. The Morgan fingerprint density at radius 1 is 1.07 bits per heavy atom. The van der Waals surface area contributed by atoms with Gasteiger partial charge in [-0.25, -0.2) is 22.8 Å². The quantitative estimate of drug-likeness (QED) is 0.661. The highest BCUT2D eigenvalue weighted by Crippen LogP contribution is 2.29. The van der Waals surface area contributed by atoms with Crippen molar-refractivity contribution in [3.63, 3.8) is 0 Å². The summed E-state index contributed by atoms with van der Waals surface area (Å²) in [7, 11) is -4.30. The summed E-state index contributed by atoms with van der Waals surface area (Å²) in [6.07, 6.45) is 1.52. The molecule has 1 amide bonds. The van der Waals surface area contributed by atoms with Crippen molar-refractivity contribution in [1.29, 1.82) is 0 Å². The van der Waals surface area contributed by atoms with Crippen LogP contribution >= 0.6 is 34.8 Å². The molecule has 140 valence electrons. The number of pyridine rings is 1. The fraction of sp³-hybridized carbons (Fsp3) is 0.0625. The van der Waals surface area contributed by atoms with Crippen LogP contribution in [-0.4, -0.2) is 29.1 Å². The van der Waals surface area contributed by atoms with E-state index in [0.29, 0.717) is 16.5 Å². The second-order valence-electron chi connectivity index (χ2n) is 5.38. The maximum atomic E-state index is 12.5. The van der Waals surface area contributed by atoms with Gasteiger partial charge in [0.2, 0.25) is 0 Å². The van der Waals surface area contributed by atoms with E-state index in [9.17, 15) is 13.2 Å². The van der Waals surface area contributed by atoms with Gasteiger partial charge in [-0.1, -0.05) is 40.9 Å². The Balaban J connectivity index is 1.94. The molecule has 0 saturated heterocycles. The number of hydrogen-bond acceptors (Lipinski definition) is 5. The third kappa shape index (κ3) is 3.93. The van der Waals surface area contributed by atoms with Crippen LogP contribution in [0.2, 0.25) is 15.1 Å². The van der Waals surface area contributed by atoms with E-state index >= 15 is 0 Å². The first-order valence-corrected chi connectivity index (χ1v) is 10.0. The van der Waals surface area contributed by atoms with E-state index in [1.54, 1.807) is 19.1 Å². The minimum Gasteiger partial charge on any atom is -0.266 e. The molecule has 2 aromatic heterocycles. The highest BCUT2D eigenvalue weighted by Gasteiger charge is 2.26. The Morgan fingerprint density at radius 2 is 1.70 bits per heavy atom. The number of amides is 1. The predicted octanol–water partition coefficient (Wildman–Crippen LogP) is 3.65. The van der Waals surface area contributed by atoms with Crippen molar-refractivity contribution in [2.75, 3.05) is 0 Å². The molecule has 3 rings (SSSR count). The number of aromatic nitrogens is 3. The summed E-state index contributed by atoms with van der Waals surface area (Å²) in [4.78, 5) is 16.2. The van der Waals surface area contributed by atoms with Crippen molar-refractivity contribution < 1.29 is 13.2 Å². The van der Waals surface area contributed by atoms with Crippen LogP contribution < -0.4 is 4.72 Å². The van der Waals surface area contributed by atoms with Crippen molar-refractivity contribution >= 4 is 50.7 Å². The van der Waals surface area contributed by atoms with Gasteiger partial charge in [-0.15, -0.1) is 0 Å². The molecule has 27 heavy (non-hydrogen) atoms. The van der Waals surface area contributed by atoms with Crippen LogP contribution in [-0.2, 0) is 10.0 Å². The number of sulfonamides is 1. The lowest BCUT2D eigenvalue weighted by Gasteiger charge is -2.09. The SMILES string of the molecule is Cc1cc(C(=O)NS(=O)(=O)c2c(Cl)cccc2Cl)nn1-c1ncccc1Cl. The lowest BCUT2D eigenvalue weighted by Crippen LogP contribution is -2.31. The van der Waals surface area contributed by atoms with Crippen LogP contribution in [0, 0.1) is 6.92 Å². The molecule has 0 fully saturated rings. The maximum absolute atomic E-state index is 12.5. The standard InChI is InChI=1S/C16H11Cl3N4O3S/c1-9-8-13(21-23(9)15-12(19)6-3-7-20-15)16(24)22-27(25,26)14-10(17)4-2-5-11(14)18/h2-8H,1H3,(H,22,24). The molecular formula is C16H11Cl3N4O3S. The third-order valence-corrected chi connectivity index (χ3v) is 6.05. The molecule has 0 bridgehead atoms. The lowest BCUT2D eigenvalue weighted by atomic mass is 10.3. The molecule has 1 N–H and O–H groups in total. The Hall–Kier alpha value is -2.13. The largest absolute Gasteiger partial charge is 0.285 e. The van der Waals surface area contributed by atoms with Gasteiger partial charge >= 0.3 is 0 Å². The molecule has 7 nitrogen and oxygen atoms in total. The monoisotopic (exact) mass is 444 g/mol. The highest BCUT2D eigenvalue weighted by molar-refractivity contribution is 7.90. The molecule has 0 saturated carbocycles. The highest BCUT2D eigenvalue weighted by atomic mass is 35.5. The van der Waals surface area contributed by atoms with Gasteiger partial charge in [0.25, 0.3) is 15.9 Å². The van der Waals surface area contributed by atoms with Crippen LogP contribution in [0.1, 0.15) is 16.2 Å². The predicted molar refractivity (Wildman–Crippen MR) is 102 cm³/mol. The van der Waals surface area contributed by atoms with Gasteiger partial charge in [0, 0.05) is 11.9 Å². The number of aryl methyl sites for hydroxylation is 1. The summed E-state index contributed by atoms with van der Waals surface area (Å²) in [5.41, 5.74) is 0.398. The van der Waals surface area contributed by atoms with Gasteiger partial charge in [0.05, 0.1) is 15.1 Å². The zero-order valence-electron chi connectivity index (χ0n) is 13.6. The average molecular weight is 446 g/mol. The van der Waals surface area contributed by atoms with Crippen LogP contribution in [0.4, 0.5) is 0 Å². The van der Waals surface area contributed by atoms with E-state index in [1.165, 1.54) is 35.1 Å². The minimum absolute atomic E-state index is 0.107. The summed E-state index contributed by atoms with van der Waals surface area (Å²) in [6.45, 7) is 1.67. The first kappa shape index (κ1) is 19.6. The molecule has 0 spiro atoms. The minimum atomic E-state index is -4.30. The van der Waals surface area contributed by atoms with Gasteiger partial charge in [-0.2, -0.15) is 5.10 Å². The van der Waals surface area contributed by atoms with Crippen molar-refractivity contribution in [1.82, 2.24) is 19.5 Å². The Kier molecular flexibility index (Phi) is 5.43. The Bertz CT molecular complexity index is 1130. The van der Waals surface area contributed by atoms with Crippen LogP contribution in [0.3, 0.4) is 0 Å². The Morgan fingerprint density at radius 3 is 2.33 bits per heavy atom. The number of benzene rings is 1. The second-order valence-corrected chi connectivity index (χ2v) is 8.22. The number of rotatable bonds is 4. The van der Waals surface area contributed by atoms with E-state index in [1.807, 2.05) is 4.72 Å². The van der Waals surface area contributed by atoms with Crippen molar-refractivity contribution in [2.45, 2.75) is 11.8 Å². The molecule has 0 aliphatic rings. The molecule has 0 unspecified atom stereocenters. The fourth-order valence-corrected chi connectivity index (χ4v) is 4.61. The molecule has 0 atom stereocenters. The molecule has 3 aromatic rings. The second kappa shape index (κ2) is 7.47. The Labute approximate surface area is 169 Å². The molecule has 11 heteroatoms. The number of nitrogens with zero attached hydrogens (tertiary/aromatic N) is 3. The number of carbonyl (C=O) groups excluding carboxylic acids is 1. The molecule has 0 aliphatic heterocycles. The summed E-state index contributed by atoms with van der Waals surface area (Å²) < 4.78 is 28.3. The summed E-state index contributed by atoms with van der Waals surface area (Å²) >= 11 is 17.9. The van der Waals surface area contributed by atoms with Gasteiger partial charge in [0.1, 0.15) is 4.90 Å². The van der Waals surface area contributed by atoms with E-state index in [2.05, 4.69) is 10.1 Å². The van der Waals surface area contributed by atoms with E-state index in [4.69, 9.17) is 34.8 Å². The van der Waals surface area contributed by atoms with E-state index in [-0.39, 0.29) is 20.6 Å². The number of hydrogen-bond donors (Lipinski definition) is 1. The third-order valence-electron chi connectivity index (χ3n) is 3.47. The summed E-state index contributed by atoms with van der Waals surface area (Å²) in [5, 5.41) is 4.20. The smallest absolute Gasteiger partial charge is 0.266 e. The molecule has 2 heterocycles. The van der Waals surface area contributed by atoms with Crippen molar-refractivity contribution in [3.05, 3.63) is 69.1 Å². The molecule has 0 aliphatic carbocycles. The van der Waals surface area contributed by atoms with Crippen LogP contribution in [0.15, 0.2) is 47.5 Å². The molecular weight excluding hydrogens is 435 g/mol. The number of nitrogens with one attached hydrogen (secondary N) is 1. The van der Waals surface area contributed by atoms with E-state index in [0.717, 1.165) is 0 Å². The van der Waals surface area contributed by atoms with Gasteiger partial charge in [-0.3, -0.25) is 4.79 Å². The topological polar surface area (TPSA) is 94.0 Å². The summed E-state index contributed by atoms with van der Waals surface area (Å²) in [5.74, 6) is -0.632. The maximum Gasteiger partial charge on any atom is 0.285 e. The average Bonchev–Trinajstić information content (AvgIpc) is 2.96. The number of carbonyl (C=O) groups is 1. The van der Waals surface area contributed by atoms with Gasteiger partial charge in [0.15, 0.2) is 11.5 Å². The van der Waals surface area contributed by atoms with Gasteiger partial charge in [-0.05, 0) is 37.3 Å². The molecule has 1 aromatic carbocycles. The number of halogens is 3. The zero-order chi connectivity index (χ0) is 19.8. The van der Waals surface area contributed by atoms with Crippen LogP contribution in [0.5, 0.6) is 0 Å². The van der Waals surface area contributed by atoms with E-state index < -0.39 is 15.9 Å². The van der Waals surface area contributed by atoms with Gasteiger partial charge < -0.3 is 0 Å². The zero-order valence-corrected chi connectivity index (χ0v) is 16.7. The van der Waals surface area contributed by atoms with Crippen molar-refractivity contribution in [3.8, 4) is 5.82 Å². The van der Waals surface area contributed by atoms with Crippen molar-refractivity contribution in [2.24, 2.45) is 0 Å².